The maximum absolute atomic E-state index is 11.6. The minimum atomic E-state index is -0.675. The largest absolute Gasteiger partial charge is 0.462 e. The number of hydrogen-bond donors (Lipinski definition) is 1. The lowest BCUT2D eigenvalue weighted by Gasteiger charge is -2.06. The van der Waals surface area contributed by atoms with E-state index in [-0.39, 0.29) is 12.2 Å². The van der Waals surface area contributed by atoms with Crippen LogP contribution in [0.5, 0.6) is 0 Å². The Morgan fingerprint density at radius 3 is 2.14 bits per heavy atom. The van der Waals surface area contributed by atoms with Crippen LogP contribution in [0.4, 0.5) is 5.69 Å². The quantitative estimate of drug-likeness (QED) is 0.360. The van der Waals surface area contributed by atoms with Gasteiger partial charge in [0, 0.05) is 11.9 Å². The molecule has 0 aliphatic rings. The molecule has 118 valence electrons. The molecule has 0 fully saturated rings. The van der Waals surface area contributed by atoms with E-state index in [4.69, 9.17) is 9.47 Å². The van der Waals surface area contributed by atoms with Crippen LogP contribution in [-0.2, 0) is 19.1 Å². The Labute approximate surface area is 129 Å². The van der Waals surface area contributed by atoms with E-state index >= 15 is 0 Å². The zero-order valence-electron chi connectivity index (χ0n) is 12.8. The molecule has 0 saturated heterocycles. The van der Waals surface area contributed by atoms with E-state index in [1.165, 1.54) is 13.1 Å². The summed E-state index contributed by atoms with van der Waals surface area (Å²) in [7, 11) is 0. The summed E-state index contributed by atoms with van der Waals surface area (Å²) in [5.74, 6) is -1.47. The number of hydrogen-bond acceptors (Lipinski definition) is 6. The van der Waals surface area contributed by atoms with Gasteiger partial charge in [-0.15, -0.1) is 0 Å². The monoisotopic (exact) mass is 305 g/mol. The van der Waals surface area contributed by atoms with Crippen molar-refractivity contribution in [1.82, 2.24) is 0 Å². The van der Waals surface area contributed by atoms with Crippen LogP contribution in [0.15, 0.2) is 36.0 Å². The highest BCUT2D eigenvalue weighted by Gasteiger charge is 2.15. The molecule has 0 heterocycles. The summed E-state index contributed by atoms with van der Waals surface area (Å²) in [4.78, 5) is 34.5. The SMILES string of the molecule is CCOC(=O)/C(=C/Nc1ccc(C(=O)OCC)cc1)C(C)=O. The molecule has 0 unspecified atom stereocenters. The van der Waals surface area contributed by atoms with E-state index in [0.29, 0.717) is 17.9 Å². The number of esters is 2. The van der Waals surface area contributed by atoms with Crippen LogP contribution in [0.3, 0.4) is 0 Å². The molecule has 22 heavy (non-hydrogen) atoms. The molecule has 0 spiro atoms. The molecule has 1 N–H and O–H groups in total. The van der Waals surface area contributed by atoms with Crippen LogP contribution in [0.25, 0.3) is 0 Å². The summed E-state index contributed by atoms with van der Waals surface area (Å²) in [6.07, 6.45) is 1.29. The van der Waals surface area contributed by atoms with Crippen molar-refractivity contribution in [1.29, 1.82) is 0 Å². The van der Waals surface area contributed by atoms with Crippen molar-refractivity contribution in [3.8, 4) is 0 Å². The lowest BCUT2D eigenvalue weighted by atomic mass is 10.2. The van der Waals surface area contributed by atoms with Crippen molar-refractivity contribution >= 4 is 23.4 Å². The number of anilines is 1. The first-order chi connectivity index (χ1) is 10.5. The Bertz CT molecular complexity index is 575. The van der Waals surface area contributed by atoms with Gasteiger partial charge in [-0.3, -0.25) is 4.79 Å². The van der Waals surface area contributed by atoms with Gasteiger partial charge in [0.05, 0.1) is 18.8 Å². The molecular formula is C16H19NO5. The minimum Gasteiger partial charge on any atom is -0.462 e. The smallest absolute Gasteiger partial charge is 0.343 e. The van der Waals surface area contributed by atoms with Gasteiger partial charge < -0.3 is 14.8 Å². The fourth-order valence-electron chi connectivity index (χ4n) is 1.59. The van der Waals surface area contributed by atoms with Crippen LogP contribution >= 0.6 is 0 Å². The number of benzene rings is 1. The maximum Gasteiger partial charge on any atom is 0.343 e. The van der Waals surface area contributed by atoms with Crippen molar-refractivity contribution in [3.63, 3.8) is 0 Å². The zero-order valence-corrected chi connectivity index (χ0v) is 12.8. The predicted molar refractivity (Wildman–Crippen MR) is 81.4 cm³/mol. The van der Waals surface area contributed by atoms with Crippen LogP contribution in [0, 0.1) is 0 Å². The van der Waals surface area contributed by atoms with Gasteiger partial charge in [-0.1, -0.05) is 0 Å². The van der Waals surface area contributed by atoms with Gasteiger partial charge in [0.2, 0.25) is 0 Å². The summed E-state index contributed by atoms with van der Waals surface area (Å²) in [6, 6.07) is 6.47. The van der Waals surface area contributed by atoms with Gasteiger partial charge in [-0.2, -0.15) is 0 Å². The van der Waals surface area contributed by atoms with Crippen molar-refractivity contribution in [2.45, 2.75) is 20.8 Å². The first-order valence-corrected chi connectivity index (χ1v) is 6.91. The molecule has 0 aliphatic carbocycles. The van der Waals surface area contributed by atoms with Crippen molar-refractivity contribution < 1.29 is 23.9 Å². The Morgan fingerprint density at radius 2 is 1.64 bits per heavy atom. The Balaban J connectivity index is 2.81. The van der Waals surface area contributed by atoms with Gasteiger partial charge >= 0.3 is 11.9 Å². The number of carbonyl (C=O) groups excluding carboxylic acids is 3. The number of carbonyl (C=O) groups is 3. The fourth-order valence-corrected chi connectivity index (χ4v) is 1.59. The molecule has 0 aliphatic heterocycles. The third-order valence-electron chi connectivity index (χ3n) is 2.65. The van der Waals surface area contributed by atoms with Crippen molar-refractivity contribution in [2.75, 3.05) is 18.5 Å². The van der Waals surface area contributed by atoms with Crippen LogP contribution in [0.1, 0.15) is 31.1 Å². The molecule has 1 aromatic rings. The fraction of sp³-hybridized carbons (Fsp3) is 0.312. The first kappa shape index (κ1) is 17.4. The number of ether oxygens (including phenoxy) is 2. The van der Waals surface area contributed by atoms with Gasteiger partial charge in [0.15, 0.2) is 5.78 Å². The second-order valence-electron chi connectivity index (χ2n) is 4.28. The average molecular weight is 305 g/mol. The molecule has 0 aromatic heterocycles. The number of rotatable bonds is 7. The summed E-state index contributed by atoms with van der Waals surface area (Å²) in [5, 5.41) is 2.83. The third kappa shape index (κ3) is 5.05. The van der Waals surface area contributed by atoms with Gasteiger partial charge in [0.25, 0.3) is 0 Å². The maximum atomic E-state index is 11.6. The highest BCUT2D eigenvalue weighted by atomic mass is 16.5. The highest BCUT2D eigenvalue weighted by molar-refractivity contribution is 6.16. The van der Waals surface area contributed by atoms with E-state index in [2.05, 4.69) is 5.32 Å². The van der Waals surface area contributed by atoms with E-state index in [1.807, 2.05) is 0 Å². The third-order valence-corrected chi connectivity index (χ3v) is 2.65. The van der Waals surface area contributed by atoms with E-state index in [1.54, 1.807) is 38.1 Å². The molecule has 1 aromatic carbocycles. The minimum absolute atomic E-state index is 0.0729. The molecule has 0 atom stereocenters. The molecule has 6 heteroatoms. The van der Waals surface area contributed by atoms with Crippen molar-refractivity contribution in [3.05, 3.63) is 41.6 Å². The van der Waals surface area contributed by atoms with Gasteiger partial charge in [0.1, 0.15) is 5.57 Å². The summed E-state index contributed by atoms with van der Waals surface area (Å²) in [6.45, 7) is 5.18. The van der Waals surface area contributed by atoms with Gasteiger partial charge in [-0.25, -0.2) is 9.59 Å². The lowest BCUT2D eigenvalue weighted by Crippen LogP contribution is -2.15. The lowest BCUT2D eigenvalue weighted by molar-refractivity contribution is -0.139. The summed E-state index contributed by atoms with van der Waals surface area (Å²) >= 11 is 0. The Hall–Kier alpha value is -2.63. The van der Waals surface area contributed by atoms with Crippen LogP contribution < -0.4 is 5.32 Å². The molecule has 0 bridgehead atoms. The number of nitrogens with one attached hydrogen (secondary N) is 1. The summed E-state index contributed by atoms with van der Waals surface area (Å²) < 4.78 is 9.68. The molecular weight excluding hydrogens is 286 g/mol. The normalized spacial score (nSPS) is 10.8. The molecule has 0 amide bonds. The first-order valence-electron chi connectivity index (χ1n) is 6.91. The molecule has 1 rings (SSSR count). The second kappa shape index (κ2) is 8.61. The topological polar surface area (TPSA) is 81.7 Å². The Morgan fingerprint density at radius 1 is 1.05 bits per heavy atom. The summed E-state index contributed by atoms with van der Waals surface area (Å²) in [5.41, 5.74) is 0.973. The molecule has 6 nitrogen and oxygen atoms in total. The Kier molecular flexibility index (Phi) is 6.82. The molecule has 0 saturated carbocycles. The number of Topliss-reactive ketones (excluding diaryl/α,β-unsaturated/α-hetero) is 1. The van der Waals surface area contributed by atoms with Crippen LogP contribution in [0.2, 0.25) is 0 Å². The average Bonchev–Trinajstić information content (AvgIpc) is 2.48. The van der Waals surface area contributed by atoms with Crippen LogP contribution in [-0.4, -0.2) is 30.9 Å². The zero-order chi connectivity index (χ0) is 16.5. The van der Waals surface area contributed by atoms with E-state index in [9.17, 15) is 14.4 Å². The van der Waals surface area contributed by atoms with Crippen molar-refractivity contribution in [2.24, 2.45) is 0 Å². The highest BCUT2D eigenvalue weighted by Crippen LogP contribution is 2.12. The van der Waals surface area contributed by atoms with Gasteiger partial charge in [-0.05, 0) is 45.0 Å². The number of ketones is 1. The van der Waals surface area contributed by atoms with E-state index in [0.717, 1.165) is 0 Å². The second-order valence-corrected chi connectivity index (χ2v) is 4.28. The standard InChI is InChI=1S/C16H19NO5/c1-4-21-15(19)12-6-8-13(9-7-12)17-10-14(11(3)18)16(20)22-5-2/h6-10,17H,4-5H2,1-3H3/b14-10+. The van der Waals surface area contributed by atoms with E-state index < -0.39 is 17.7 Å². The predicted octanol–water partition coefficient (Wildman–Crippen LogP) is 2.31. The molecule has 0 radical (unpaired) electrons.